The molecule has 2 N–H and O–H groups in total. The second kappa shape index (κ2) is 4.92. The molecule has 2 saturated heterocycles. The van der Waals surface area contributed by atoms with Gasteiger partial charge in [-0.3, -0.25) is 10.2 Å². The number of nitrogens with one attached hydrogen (secondary N) is 2. The van der Waals surface area contributed by atoms with Crippen LogP contribution in [0.25, 0.3) is 0 Å². The van der Waals surface area contributed by atoms with Gasteiger partial charge in [-0.1, -0.05) is 0 Å². The van der Waals surface area contributed by atoms with Gasteiger partial charge in [0.1, 0.15) is 0 Å². The molecule has 0 aromatic carbocycles. The molecule has 2 rings (SSSR count). The molecule has 15 heavy (non-hydrogen) atoms. The van der Waals surface area contributed by atoms with Crippen molar-refractivity contribution in [1.29, 1.82) is 0 Å². The molecular formula is C10H20N4O. The van der Waals surface area contributed by atoms with E-state index < -0.39 is 0 Å². The summed E-state index contributed by atoms with van der Waals surface area (Å²) in [5.74, 6) is 0.136. The molecule has 0 saturated carbocycles. The van der Waals surface area contributed by atoms with Gasteiger partial charge in [0.05, 0.1) is 6.04 Å². The Morgan fingerprint density at radius 1 is 1.33 bits per heavy atom. The Kier molecular flexibility index (Phi) is 3.56. The first kappa shape index (κ1) is 10.9. The molecule has 0 aromatic rings. The molecule has 0 unspecified atom stereocenters. The first-order valence-corrected chi connectivity index (χ1v) is 5.73. The quantitative estimate of drug-likeness (QED) is 0.617. The summed E-state index contributed by atoms with van der Waals surface area (Å²) in [5, 5.41) is 5.24. The Morgan fingerprint density at radius 3 is 2.67 bits per heavy atom. The van der Waals surface area contributed by atoms with E-state index in [9.17, 15) is 4.79 Å². The summed E-state index contributed by atoms with van der Waals surface area (Å²) >= 11 is 0. The van der Waals surface area contributed by atoms with Gasteiger partial charge in [-0.15, -0.1) is 0 Å². The van der Waals surface area contributed by atoms with Crippen molar-refractivity contribution in [2.75, 3.05) is 39.8 Å². The Morgan fingerprint density at radius 2 is 2.07 bits per heavy atom. The maximum absolute atomic E-state index is 11.8. The van der Waals surface area contributed by atoms with Crippen molar-refractivity contribution in [3.63, 3.8) is 0 Å². The van der Waals surface area contributed by atoms with Crippen LogP contribution >= 0.6 is 0 Å². The topological polar surface area (TPSA) is 47.6 Å². The third-order valence-electron chi connectivity index (χ3n) is 3.15. The van der Waals surface area contributed by atoms with E-state index in [0.29, 0.717) is 0 Å². The monoisotopic (exact) mass is 212 g/mol. The van der Waals surface area contributed by atoms with E-state index in [1.165, 1.54) is 0 Å². The summed E-state index contributed by atoms with van der Waals surface area (Å²) in [6.07, 6.45) is 2.08. The van der Waals surface area contributed by atoms with Crippen LogP contribution < -0.4 is 10.7 Å². The van der Waals surface area contributed by atoms with Crippen molar-refractivity contribution in [1.82, 2.24) is 20.7 Å². The lowest BCUT2D eigenvalue weighted by Crippen LogP contribution is -2.55. The number of hydrogen-bond donors (Lipinski definition) is 2. The standard InChI is InChI=1S/C10H20N4O/c1-13-5-7-14(8-6-13)12-10(15)9-3-2-4-11-9/h9,11H,2-8H2,1H3,(H,12,15)/t9-/m1/s1. The molecule has 1 amide bonds. The summed E-state index contributed by atoms with van der Waals surface area (Å²) in [5.41, 5.74) is 2.99. The lowest BCUT2D eigenvalue weighted by Gasteiger charge is -2.33. The number of amides is 1. The van der Waals surface area contributed by atoms with Crippen molar-refractivity contribution in [2.24, 2.45) is 0 Å². The lowest BCUT2D eigenvalue weighted by atomic mass is 10.2. The molecule has 1 atom stereocenters. The summed E-state index contributed by atoms with van der Waals surface area (Å²) in [6.45, 7) is 4.88. The molecule has 0 bridgehead atoms. The van der Waals surface area contributed by atoms with Crippen molar-refractivity contribution in [2.45, 2.75) is 18.9 Å². The van der Waals surface area contributed by atoms with Crippen molar-refractivity contribution >= 4 is 5.91 Å². The summed E-state index contributed by atoms with van der Waals surface area (Å²) in [6, 6.07) is 0.0321. The average Bonchev–Trinajstić information content (AvgIpc) is 2.74. The number of hydrogen-bond acceptors (Lipinski definition) is 4. The van der Waals surface area contributed by atoms with Crippen LogP contribution in [0.3, 0.4) is 0 Å². The molecule has 0 aliphatic carbocycles. The average molecular weight is 212 g/mol. The highest BCUT2D eigenvalue weighted by molar-refractivity contribution is 5.81. The van der Waals surface area contributed by atoms with Crippen molar-refractivity contribution in [3.8, 4) is 0 Å². The molecule has 2 aliphatic rings. The van der Waals surface area contributed by atoms with E-state index in [0.717, 1.165) is 45.6 Å². The molecule has 5 heteroatoms. The second-order valence-electron chi connectivity index (χ2n) is 4.42. The predicted octanol–water partition coefficient (Wildman–Crippen LogP) is -0.983. The number of carbonyl (C=O) groups excluding carboxylic acids is 1. The first-order chi connectivity index (χ1) is 7.25. The van der Waals surface area contributed by atoms with E-state index in [4.69, 9.17) is 0 Å². The van der Waals surface area contributed by atoms with E-state index in [1.807, 2.05) is 5.01 Å². The minimum Gasteiger partial charge on any atom is -0.306 e. The molecule has 2 aliphatic heterocycles. The maximum atomic E-state index is 11.8. The van der Waals surface area contributed by atoms with Gasteiger partial charge in [0.2, 0.25) is 0 Å². The minimum atomic E-state index is 0.0321. The Hall–Kier alpha value is -0.650. The van der Waals surface area contributed by atoms with E-state index >= 15 is 0 Å². The smallest absolute Gasteiger partial charge is 0.251 e. The fraction of sp³-hybridized carbons (Fsp3) is 0.900. The molecule has 0 aromatic heterocycles. The van der Waals surface area contributed by atoms with Gasteiger partial charge in [-0.25, -0.2) is 5.01 Å². The molecule has 86 valence electrons. The number of rotatable bonds is 2. The second-order valence-corrected chi connectivity index (χ2v) is 4.42. The highest BCUT2D eigenvalue weighted by atomic mass is 16.2. The molecule has 2 heterocycles. The zero-order valence-electron chi connectivity index (χ0n) is 9.33. The van der Waals surface area contributed by atoms with Gasteiger partial charge in [-0.05, 0) is 26.4 Å². The largest absolute Gasteiger partial charge is 0.306 e. The summed E-state index contributed by atoms with van der Waals surface area (Å²) in [7, 11) is 2.11. The fourth-order valence-corrected chi connectivity index (χ4v) is 2.06. The SMILES string of the molecule is CN1CCN(NC(=O)[C@H]2CCCN2)CC1. The zero-order chi connectivity index (χ0) is 10.7. The fourth-order valence-electron chi connectivity index (χ4n) is 2.06. The zero-order valence-corrected chi connectivity index (χ0v) is 9.33. The van der Waals surface area contributed by atoms with Crippen LogP contribution in [0.2, 0.25) is 0 Å². The third-order valence-corrected chi connectivity index (χ3v) is 3.15. The third kappa shape index (κ3) is 2.90. The number of carbonyl (C=O) groups is 1. The van der Waals surface area contributed by atoms with Crippen LogP contribution in [0.15, 0.2) is 0 Å². The molecular weight excluding hydrogens is 192 g/mol. The Balaban J connectivity index is 1.74. The van der Waals surface area contributed by atoms with Crippen LogP contribution in [0, 0.1) is 0 Å². The number of likely N-dealkylation sites (N-methyl/N-ethyl adjacent to an activating group) is 1. The van der Waals surface area contributed by atoms with Gasteiger partial charge < -0.3 is 10.2 Å². The van der Waals surface area contributed by atoms with Crippen LogP contribution in [-0.4, -0.2) is 61.6 Å². The van der Waals surface area contributed by atoms with Crippen LogP contribution in [-0.2, 0) is 4.79 Å². The lowest BCUT2D eigenvalue weighted by molar-refractivity contribution is -0.128. The Labute approximate surface area is 90.8 Å². The summed E-state index contributed by atoms with van der Waals surface area (Å²) in [4.78, 5) is 14.0. The van der Waals surface area contributed by atoms with Gasteiger partial charge in [-0.2, -0.15) is 0 Å². The maximum Gasteiger partial charge on any atom is 0.251 e. The Bertz CT molecular complexity index is 219. The molecule has 0 radical (unpaired) electrons. The molecule has 2 fully saturated rings. The van der Waals surface area contributed by atoms with Gasteiger partial charge in [0.15, 0.2) is 0 Å². The van der Waals surface area contributed by atoms with Gasteiger partial charge >= 0.3 is 0 Å². The van der Waals surface area contributed by atoms with Gasteiger partial charge in [0, 0.05) is 26.2 Å². The first-order valence-electron chi connectivity index (χ1n) is 5.73. The van der Waals surface area contributed by atoms with Crippen LogP contribution in [0.1, 0.15) is 12.8 Å². The number of nitrogens with zero attached hydrogens (tertiary/aromatic N) is 2. The van der Waals surface area contributed by atoms with Gasteiger partial charge in [0.25, 0.3) is 5.91 Å². The van der Waals surface area contributed by atoms with Crippen molar-refractivity contribution < 1.29 is 4.79 Å². The van der Waals surface area contributed by atoms with E-state index in [2.05, 4.69) is 22.7 Å². The highest BCUT2D eigenvalue weighted by Gasteiger charge is 2.24. The summed E-state index contributed by atoms with van der Waals surface area (Å²) < 4.78 is 0. The number of hydrazine groups is 1. The van der Waals surface area contributed by atoms with Crippen LogP contribution in [0.5, 0.6) is 0 Å². The van der Waals surface area contributed by atoms with Crippen LogP contribution in [0.4, 0.5) is 0 Å². The minimum absolute atomic E-state index is 0.0321. The molecule has 0 spiro atoms. The normalized spacial score (nSPS) is 29.3. The van der Waals surface area contributed by atoms with E-state index in [-0.39, 0.29) is 11.9 Å². The number of piperazine rings is 1. The predicted molar refractivity (Wildman–Crippen MR) is 58.2 cm³/mol. The highest BCUT2D eigenvalue weighted by Crippen LogP contribution is 2.05. The van der Waals surface area contributed by atoms with Crippen molar-refractivity contribution in [3.05, 3.63) is 0 Å². The van der Waals surface area contributed by atoms with E-state index in [1.54, 1.807) is 0 Å². The molecule has 5 nitrogen and oxygen atoms in total.